The smallest absolute Gasteiger partial charge is 0.326 e. The van der Waals surface area contributed by atoms with Crippen LogP contribution in [0.3, 0.4) is 0 Å². The maximum Gasteiger partial charge on any atom is 0.326 e. The topological polar surface area (TPSA) is 104 Å². The van der Waals surface area contributed by atoms with Gasteiger partial charge in [-0.15, -0.1) is 0 Å². The number of carbonyl (C=O) groups is 2. The van der Waals surface area contributed by atoms with E-state index in [1.54, 1.807) is 4.57 Å². The van der Waals surface area contributed by atoms with Crippen LogP contribution in [0.25, 0.3) is 11.0 Å². The maximum absolute atomic E-state index is 12.1. The molecule has 3 rings (SSSR count). The Balaban J connectivity index is 1.53. The quantitative estimate of drug-likeness (QED) is 0.772. The number of aromatic nitrogens is 2. The summed E-state index contributed by atoms with van der Waals surface area (Å²) in [7, 11) is 0. The Morgan fingerprint density at radius 2 is 1.92 bits per heavy atom. The second kappa shape index (κ2) is 6.90. The highest BCUT2D eigenvalue weighted by Crippen LogP contribution is 2.24. The minimum Gasteiger partial charge on any atom is -0.481 e. The lowest BCUT2D eigenvalue weighted by molar-refractivity contribution is -0.142. The van der Waals surface area contributed by atoms with Crippen LogP contribution in [0.5, 0.6) is 0 Å². The molecule has 0 saturated heterocycles. The lowest BCUT2D eigenvalue weighted by Gasteiger charge is -2.26. The number of nitrogens with zero attached hydrogens (tertiary/aromatic N) is 1. The number of aliphatic carboxylic acids is 1. The summed E-state index contributed by atoms with van der Waals surface area (Å²) in [5.74, 6) is -1.15. The summed E-state index contributed by atoms with van der Waals surface area (Å²) in [6, 6.07) is 7.41. The molecule has 7 heteroatoms. The molecule has 24 heavy (non-hydrogen) atoms. The van der Waals surface area contributed by atoms with Crippen molar-refractivity contribution in [3.63, 3.8) is 0 Å². The van der Waals surface area contributed by atoms with E-state index in [9.17, 15) is 14.4 Å². The van der Waals surface area contributed by atoms with Gasteiger partial charge in [0, 0.05) is 19.0 Å². The van der Waals surface area contributed by atoms with Crippen LogP contribution < -0.4 is 11.0 Å². The summed E-state index contributed by atoms with van der Waals surface area (Å²) in [6.07, 6.45) is 2.80. The largest absolute Gasteiger partial charge is 0.481 e. The van der Waals surface area contributed by atoms with Gasteiger partial charge in [-0.25, -0.2) is 4.79 Å². The molecule has 0 unspecified atom stereocenters. The Labute approximate surface area is 138 Å². The zero-order chi connectivity index (χ0) is 17.1. The van der Waals surface area contributed by atoms with Gasteiger partial charge in [0.1, 0.15) is 0 Å². The number of rotatable bonds is 5. The van der Waals surface area contributed by atoms with E-state index in [-0.39, 0.29) is 30.0 Å². The van der Waals surface area contributed by atoms with Gasteiger partial charge in [0.05, 0.1) is 17.0 Å². The number of imidazole rings is 1. The van der Waals surface area contributed by atoms with Gasteiger partial charge in [-0.3, -0.25) is 14.2 Å². The van der Waals surface area contributed by atoms with Gasteiger partial charge >= 0.3 is 11.7 Å². The Kier molecular flexibility index (Phi) is 4.69. The summed E-state index contributed by atoms with van der Waals surface area (Å²) in [5.41, 5.74) is 1.33. The number of aryl methyl sites for hydroxylation is 1. The van der Waals surface area contributed by atoms with Gasteiger partial charge in [-0.2, -0.15) is 0 Å². The number of carbonyl (C=O) groups excluding carboxylic acids is 1. The number of carboxylic acid groups (broad SMARTS) is 1. The molecular formula is C17H21N3O4. The molecule has 1 aromatic carbocycles. The van der Waals surface area contributed by atoms with Crippen LogP contribution in [0.15, 0.2) is 29.1 Å². The highest BCUT2D eigenvalue weighted by molar-refractivity contribution is 5.77. The fraction of sp³-hybridized carbons (Fsp3) is 0.471. The van der Waals surface area contributed by atoms with Crippen molar-refractivity contribution >= 4 is 22.9 Å². The molecule has 1 aliphatic carbocycles. The SMILES string of the molecule is O=C(CCn1c(=O)[nH]c2ccccc21)NC1CCC(C(=O)O)CC1. The van der Waals surface area contributed by atoms with Crippen LogP contribution in [0.2, 0.25) is 0 Å². The van der Waals surface area contributed by atoms with Crippen LogP contribution in [0.4, 0.5) is 0 Å². The number of amides is 1. The van der Waals surface area contributed by atoms with E-state index in [1.807, 2.05) is 24.3 Å². The highest BCUT2D eigenvalue weighted by atomic mass is 16.4. The van der Waals surface area contributed by atoms with Crippen molar-refractivity contribution in [1.82, 2.24) is 14.9 Å². The fourth-order valence-corrected chi connectivity index (χ4v) is 3.33. The Bertz CT molecular complexity index is 800. The molecule has 0 atom stereocenters. The Hall–Kier alpha value is -2.57. The normalized spacial score (nSPS) is 20.8. The van der Waals surface area contributed by atoms with Crippen molar-refractivity contribution in [3.8, 4) is 0 Å². The highest BCUT2D eigenvalue weighted by Gasteiger charge is 2.26. The number of hydrogen-bond donors (Lipinski definition) is 3. The van der Waals surface area contributed by atoms with Crippen LogP contribution in [0, 0.1) is 5.92 Å². The zero-order valence-electron chi connectivity index (χ0n) is 13.3. The summed E-state index contributed by atoms with van der Waals surface area (Å²) in [5, 5.41) is 11.9. The van der Waals surface area contributed by atoms with Crippen LogP contribution in [-0.2, 0) is 16.1 Å². The van der Waals surface area contributed by atoms with Crippen LogP contribution in [-0.4, -0.2) is 32.6 Å². The first kappa shape index (κ1) is 16.3. The molecule has 2 aromatic rings. The van der Waals surface area contributed by atoms with Crippen molar-refractivity contribution in [1.29, 1.82) is 0 Å². The number of carboxylic acids is 1. The molecule has 0 radical (unpaired) electrons. The second-order valence-electron chi connectivity index (χ2n) is 6.30. The average Bonchev–Trinajstić information content (AvgIpc) is 2.88. The predicted octanol–water partition coefficient (Wildman–Crippen LogP) is 1.48. The summed E-state index contributed by atoms with van der Waals surface area (Å²) < 4.78 is 1.57. The summed E-state index contributed by atoms with van der Waals surface area (Å²) >= 11 is 0. The van der Waals surface area contributed by atoms with E-state index >= 15 is 0 Å². The molecule has 128 valence electrons. The molecule has 1 aromatic heterocycles. The van der Waals surface area contributed by atoms with E-state index in [4.69, 9.17) is 5.11 Å². The van der Waals surface area contributed by atoms with Gasteiger partial charge in [0.25, 0.3) is 0 Å². The van der Waals surface area contributed by atoms with Gasteiger partial charge in [0.15, 0.2) is 0 Å². The van der Waals surface area contributed by atoms with Crippen molar-refractivity contribution in [3.05, 3.63) is 34.7 Å². The van der Waals surface area contributed by atoms with Gasteiger partial charge in [-0.05, 0) is 37.8 Å². The third-order valence-corrected chi connectivity index (χ3v) is 4.69. The van der Waals surface area contributed by atoms with Crippen LogP contribution >= 0.6 is 0 Å². The lowest BCUT2D eigenvalue weighted by Crippen LogP contribution is -2.39. The molecule has 1 aliphatic rings. The molecule has 1 amide bonds. The molecule has 1 fully saturated rings. The molecule has 1 heterocycles. The van der Waals surface area contributed by atoms with Gasteiger partial charge in [-0.1, -0.05) is 12.1 Å². The number of hydrogen-bond acceptors (Lipinski definition) is 3. The van der Waals surface area contributed by atoms with E-state index in [0.29, 0.717) is 32.2 Å². The average molecular weight is 331 g/mol. The molecule has 0 spiro atoms. The second-order valence-corrected chi connectivity index (χ2v) is 6.30. The summed E-state index contributed by atoms with van der Waals surface area (Å²) in [6.45, 7) is 0.319. The first-order chi connectivity index (χ1) is 11.5. The standard InChI is InChI=1S/C17H21N3O4/c21-15(18-12-7-5-11(6-8-12)16(22)23)9-10-20-14-4-2-1-3-13(14)19-17(20)24/h1-4,11-12H,5-10H2,(H,18,21)(H,19,24)(H,22,23). The minimum absolute atomic E-state index is 0.0350. The number of para-hydroxylation sites is 2. The lowest BCUT2D eigenvalue weighted by atomic mass is 9.86. The first-order valence-corrected chi connectivity index (χ1v) is 8.24. The Morgan fingerprint density at radius 1 is 1.21 bits per heavy atom. The van der Waals surface area contributed by atoms with E-state index in [2.05, 4.69) is 10.3 Å². The number of fused-ring (bicyclic) bond motifs is 1. The molecule has 1 saturated carbocycles. The monoisotopic (exact) mass is 331 g/mol. The van der Waals surface area contributed by atoms with Crippen LogP contribution in [0.1, 0.15) is 32.1 Å². The number of aromatic amines is 1. The van der Waals surface area contributed by atoms with Gasteiger partial charge in [0.2, 0.25) is 5.91 Å². The third kappa shape index (κ3) is 3.50. The van der Waals surface area contributed by atoms with Crippen molar-refractivity contribution in [2.75, 3.05) is 0 Å². The molecule has 3 N–H and O–H groups in total. The molecular weight excluding hydrogens is 310 g/mol. The van der Waals surface area contributed by atoms with Gasteiger partial charge < -0.3 is 15.4 Å². The number of nitrogens with one attached hydrogen (secondary N) is 2. The summed E-state index contributed by atoms with van der Waals surface area (Å²) in [4.78, 5) is 37.8. The fourth-order valence-electron chi connectivity index (χ4n) is 3.33. The van der Waals surface area contributed by atoms with E-state index in [1.165, 1.54) is 0 Å². The third-order valence-electron chi connectivity index (χ3n) is 4.69. The van der Waals surface area contributed by atoms with Crippen molar-refractivity contribution < 1.29 is 14.7 Å². The number of H-pyrrole nitrogens is 1. The zero-order valence-corrected chi connectivity index (χ0v) is 13.3. The van der Waals surface area contributed by atoms with E-state index < -0.39 is 5.97 Å². The molecule has 0 bridgehead atoms. The van der Waals surface area contributed by atoms with Crippen molar-refractivity contribution in [2.24, 2.45) is 5.92 Å². The molecule has 7 nitrogen and oxygen atoms in total. The Morgan fingerprint density at radius 3 is 2.62 bits per heavy atom. The first-order valence-electron chi connectivity index (χ1n) is 8.24. The number of benzene rings is 1. The predicted molar refractivity (Wildman–Crippen MR) is 88.7 cm³/mol. The van der Waals surface area contributed by atoms with Crippen molar-refractivity contribution in [2.45, 2.75) is 44.7 Å². The minimum atomic E-state index is -0.751. The molecule has 0 aliphatic heterocycles. The van der Waals surface area contributed by atoms with E-state index in [0.717, 1.165) is 11.0 Å². The maximum atomic E-state index is 12.1.